The van der Waals surface area contributed by atoms with Crippen LogP contribution in [-0.4, -0.2) is 29.4 Å². The lowest BCUT2D eigenvalue weighted by molar-refractivity contribution is -0.130. The SMILES string of the molecule is CC.CCCCCCCCCCCCCCCCCCCC(=O)N(C)CCc1c[nH]c2ccccc12. The molecule has 0 aliphatic rings. The van der Waals surface area contributed by atoms with Crippen LogP contribution >= 0.6 is 0 Å². The van der Waals surface area contributed by atoms with Gasteiger partial charge in [-0.1, -0.05) is 142 Å². The number of likely N-dealkylation sites (N-methyl/N-ethyl adjacent to an activating group) is 1. The zero-order valence-corrected chi connectivity index (χ0v) is 24.4. The van der Waals surface area contributed by atoms with Crippen LogP contribution in [0.3, 0.4) is 0 Å². The molecule has 0 fully saturated rings. The van der Waals surface area contributed by atoms with Crippen LogP contribution in [0.2, 0.25) is 0 Å². The van der Waals surface area contributed by atoms with E-state index in [-0.39, 0.29) is 0 Å². The van der Waals surface area contributed by atoms with Crippen LogP contribution in [0.25, 0.3) is 10.9 Å². The van der Waals surface area contributed by atoms with Crippen LogP contribution < -0.4 is 0 Å². The first-order chi connectivity index (χ1) is 17.7. The first-order valence-corrected chi connectivity index (χ1v) is 15.5. The fourth-order valence-electron chi connectivity index (χ4n) is 4.94. The summed E-state index contributed by atoms with van der Waals surface area (Å²) in [6.45, 7) is 7.08. The summed E-state index contributed by atoms with van der Waals surface area (Å²) in [6.07, 6.45) is 27.0. The number of para-hydroxylation sites is 1. The molecular weight excluding hydrogens is 440 g/mol. The van der Waals surface area contributed by atoms with Crippen LogP contribution in [0, 0.1) is 0 Å². The fourth-order valence-corrected chi connectivity index (χ4v) is 4.94. The van der Waals surface area contributed by atoms with E-state index < -0.39 is 0 Å². The van der Waals surface area contributed by atoms with Gasteiger partial charge in [-0.25, -0.2) is 0 Å². The fraction of sp³-hybridized carbons (Fsp3) is 0.727. The Hall–Kier alpha value is -1.77. The maximum absolute atomic E-state index is 12.4. The molecule has 0 radical (unpaired) electrons. The number of aromatic nitrogens is 1. The number of aromatic amines is 1. The lowest BCUT2D eigenvalue weighted by Gasteiger charge is -2.17. The molecule has 0 aliphatic heterocycles. The molecule has 0 atom stereocenters. The van der Waals surface area contributed by atoms with Crippen molar-refractivity contribution in [2.24, 2.45) is 0 Å². The molecule has 1 aromatic carbocycles. The molecule has 0 aliphatic carbocycles. The molecule has 0 bridgehead atoms. The minimum atomic E-state index is 0.292. The summed E-state index contributed by atoms with van der Waals surface area (Å²) in [7, 11) is 1.95. The smallest absolute Gasteiger partial charge is 0.222 e. The second-order valence-electron chi connectivity index (χ2n) is 10.3. The largest absolute Gasteiger partial charge is 0.361 e. The highest BCUT2D eigenvalue weighted by Crippen LogP contribution is 2.18. The highest BCUT2D eigenvalue weighted by Gasteiger charge is 2.10. The number of rotatable bonds is 21. The summed E-state index contributed by atoms with van der Waals surface area (Å²) >= 11 is 0. The summed E-state index contributed by atoms with van der Waals surface area (Å²) < 4.78 is 0. The van der Waals surface area contributed by atoms with Crippen molar-refractivity contribution in [1.82, 2.24) is 9.88 Å². The van der Waals surface area contributed by atoms with Crippen molar-refractivity contribution >= 4 is 16.8 Å². The van der Waals surface area contributed by atoms with Crippen LogP contribution in [-0.2, 0) is 11.2 Å². The number of hydrogen-bond donors (Lipinski definition) is 1. The molecule has 1 aromatic heterocycles. The number of H-pyrrole nitrogens is 1. The van der Waals surface area contributed by atoms with Gasteiger partial charge in [0.1, 0.15) is 0 Å². The first kappa shape index (κ1) is 32.3. The Morgan fingerprint density at radius 2 is 1.19 bits per heavy atom. The second-order valence-corrected chi connectivity index (χ2v) is 10.3. The third kappa shape index (κ3) is 14.7. The molecule has 2 aromatic rings. The van der Waals surface area contributed by atoms with E-state index in [1.807, 2.05) is 25.8 Å². The standard InChI is InChI=1S/C31H52N2O.C2H6/c1-3-4-5-6-7-8-9-10-11-12-13-14-15-16-17-18-19-24-31(34)33(2)26-25-28-27-32-30-23-21-20-22-29(28)30;1-2/h20-23,27,32H,3-19,24-26H2,1-2H3;1-2H3. The van der Waals surface area contributed by atoms with Crippen LogP contribution in [0.5, 0.6) is 0 Å². The predicted molar refractivity (Wildman–Crippen MR) is 160 cm³/mol. The quantitative estimate of drug-likeness (QED) is 0.171. The Balaban J connectivity index is 0.00000316. The van der Waals surface area contributed by atoms with Gasteiger partial charge < -0.3 is 9.88 Å². The Morgan fingerprint density at radius 3 is 1.72 bits per heavy atom. The zero-order valence-electron chi connectivity index (χ0n) is 24.4. The Labute approximate surface area is 223 Å². The molecule has 1 amide bonds. The van der Waals surface area contributed by atoms with E-state index in [0.717, 1.165) is 19.4 Å². The predicted octanol–water partition coefficient (Wildman–Crippen LogP) is 10.2. The molecule has 2 rings (SSSR count). The van der Waals surface area contributed by atoms with Crippen molar-refractivity contribution in [2.75, 3.05) is 13.6 Å². The van der Waals surface area contributed by atoms with Gasteiger partial charge in [-0.15, -0.1) is 0 Å². The Bertz CT molecular complexity index is 766. The monoisotopic (exact) mass is 498 g/mol. The molecular formula is C33H58N2O. The molecule has 0 saturated carbocycles. The van der Waals surface area contributed by atoms with Gasteiger partial charge in [0, 0.05) is 37.1 Å². The van der Waals surface area contributed by atoms with Crippen molar-refractivity contribution in [3.63, 3.8) is 0 Å². The summed E-state index contributed by atoms with van der Waals surface area (Å²) in [5, 5.41) is 1.27. The van der Waals surface area contributed by atoms with Gasteiger partial charge in [0.25, 0.3) is 0 Å². The van der Waals surface area contributed by atoms with Gasteiger partial charge in [-0.05, 0) is 24.5 Å². The minimum Gasteiger partial charge on any atom is -0.361 e. The first-order valence-electron chi connectivity index (χ1n) is 15.5. The second kappa shape index (κ2) is 22.4. The number of nitrogens with one attached hydrogen (secondary N) is 1. The third-order valence-corrected chi connectivity index (χ3v) is 7.31. The molecule has 3 nitrogen and oxygen atoms in total. The van der Waals surface area contributed by atoms with Crippen LogP contribution in [0.4, 0.5) is 0 Å². The maximum Gasteiger partial charge on any atom is 0.222 e. The average Bonchev–Trinajstić information content (AvgIpc) is 3.33. The number of hydrogen-bond acceptors (Lipinski definition) is 1. The van der Waals surface area contributed by atoms with Crippen LogP contribution in [0.1, 0.15) is 142 Å². The van der Waals surface area contributed by atoms with Gasteiger partial charge in [0.2, 0.25) is 5.91 Å². The average molecular weight is 499 g/mol. The molecule has 206 valence electrons. The molecule has 1 heterocycles. The normalized spacial score (nSPS) is 10.9. The lowest BCUT2D eigenvalue weighted by atomic mass is 10.0. The summed E-state index contributed by atoms with van der Waals surface area (Å²) in [6, 6.07) is 8.38. The van der Waals surface area contributed by atoms with Crippen molar-refractivity contribution < 1.29 is 4.79 Å². The number of carbonyl (C=O) groups excluding carboxylic acids is 1. The molecule has 0 unspecified atom stereocenters. The summed E-state index contributed by atoms with van der Waals surface area (Å²) in [5.74, 6) is 0.292. The molecule has 36 heavy (non-hydrogen) atoms. The lowest BCUT2D eigenvalue weighted by Crippen LogP contribution is -2.28. The number of carbonyl (C=O) groups is 1. The van der Waals surface area contributed by atoms with E-state index in [0.29, 0.717) is 12.3 Å². The number of fused-ring (bicyclic) bond motifs is 1. The number of unbranched alkanes of at least 4 members (excludes halogenated alkanes) is 16. The van der Waals surface area contributed by atoms with Gasteiger partial charge in [0.15, 0.2) is 0 Å². The van der Waals surface area contributed by atoms with Crippen molar-refractivity contribution in [1.29, 1.82) is 0 Å². The van der Waals surface area contributed by atoms with Gasteiger partial charge in [0.05, 0.1) is 0 Å². The summed E-state index contributed by atoms with van der Waals surface area (Å²) in [4.78, 5) is 17.7. The highest BCUT2D eigenvalue weighted by molar-refractivity contribution is 5.83. The Morgan fingerprint density at radius 1 is 0.722 bits per heavy atom. The molecule has 0 saturated heterocycles. The van der Waals surface area contributed by atoms with Gasteiger partial charge in [-0.2, -0.15) is 0 Å². The third-order valence-electron chi connectivity index (χ3n) is 7.31. The van der Waals surface area contributed by atoms with Gasteiger partial charge >= 0.3 is 0 Å². The van der Waals surface area contributed by atoms with Crippen molar-refractivity contribution in [3.05, 3.63) is 36.0 Å². The maximum atomic E-state index is 12.4. The number of nitrogens with zero attached hydrogens (tertiary/aromatic N) is 1. The van der Waals surface area contributed by atoms with Crippen LogP contribution in [0.15, 0.2) is 30.5 Å². The Kier molecular flexibility index (Phi) is 20.1. The van der Waals surface area contributed by atoms with E-state index in [2.05, 4.69) is 42.4 Å². The minimum absolute atomic E-state index is 0.292. The van der Waals surface area contributed by atoms with E-state index in [9.17, 15) is 4.79 Å². The van der Waals surface area contributed by atoms with Gasteiger partial charge in [-0.3, -0.25) is 4.79 Å². The van der Waals surface area contributed by atoms with Crippen molar-refractivity contribution in [3.8, 4) is 0 Å². The van der Waals surface area contributed by atoms with E-state index in [1.54, 1.807) is 0 Å². The number of benzene rings is 1. The zero-order chi connectivity index (χ0) is 26.3. The van der Waals surface area contributed by atoms with E-state index in [4.69, 9.17) is 0 Å². The molecule has 1 N–H and O–H groups in total. The topological polar surface area (TPSA) is 36.1 Å². The van der Waals surface area contributed by atoms with E-state index in [1.165, 1.54) is 119 Å². The molecule has 0 spiro atoms. The van der Waals surface area contributed by atoms with E-state index >= 15 is 0 Å². The highest BCUT2D eigenvalue weighted by atomic mass is 16.2. The molecule has 3 heteroatoms. The summed E-state index contributed by atoms with van der Waals surface area (Å²) in [5.41, 5.74) is 2.48. The number of amides is 1. The van der Waals surface area contributed by atoms with Crippen molar-refractivity contribution in [2.45, 2.75) is 143 Å².